The Morgan fingerprint density at radius 1 is 1.09 bits per heavy atom. The lowest BCUT2D eigenvalue weighted by Crippen LogP contribution is -2.21. The van der Waals surface area contributed by atoms with Crippen LogP contribution < -0.4 is 10.6 Å². The SMILES string of the molecule is CCC(CC)C(=O)Nc1ccc(Nc2ccc(F)c(F)c2)nc1. The third kappa shape index (κ3) is 4.48. The molecule has 0 atom stereocenters. The summed E-state index contributed by atoms with van der Waals surface area (Å²) in [7, 11) is 0. The van der Waals surface area contributed by atoms with Crippen molar-refractivity contribution < 1.29 is 13.6 Å². The molecule has 6 heteroatoms. The lowest BCUT2D eigenvalue weighted by Gasteiger charge is -2.13. The Morgan fingerprint density at radius 3 is 2.35 bits per heavy atom. The molecule has 122 valence electrons. The number of nitrogens with one attached hydrogen (secondary N) is 2. The molecule has 1 amide bonds. The Morgan fingerprint density at radius 2 is 1.78 bits per heavy atom. The Hall–Kier alpha value is -2.50. The summed E-state index contributed by atoms with van der Waals surface area (Å²) in [5, 5.41) is 5.68. The number of anilines is 3. The summed E-state index contributed by atoms with van der Waals surface area (Å²) in [5.41, 5.74) is 0.989. The predicted molar refractivity (Wildman–Crippen MR) is 86.6 cm³/mol. The average Bonchev–Trinajstić information content (AvgIpc) is 2.54. The van der Waals surface area contributed by atoms with E-state index in [0.717, 1.165) is 25.0 Å². The Labute approximate surface area is 133 Å². The van der Waals surface area contributed by atoms with Crippen LogP contribution in [0.15, 0.2) is 36.5 Å². The second-order valence-electron chi connectivity index (χ2n) is 5.19. The first-order valence-corrected chi connectivity index (χ1v) is 7.52. The highest BCUT2D eigenvalue weighted by Crippen LogP contribution is 2.19. The standard InChI is InChI=1S/C17H19F2N3O/c1-3-11(4-2)17(23)22-13-6-8-16(20-10-13)21-12-5-7-14(18)15(19)9-12/h5-11H,3-4H2,1-2H3,(H,20,21)(H,22,23). The molecule has 2 aromatic rings. The number of rotatable bonds is 6. The minimum Gasteiger partial charge on any atom is -0.340 e. The monoisotopic (exact) mass is 319 g/mol. The summed E-state index contributed by atoms with van der Waals surface area (Å²) >= 11 is 0. The molecule has 1 aromatic heterocycles. The first-order valence-electron chi connectivity index (χ1n) is 7.52. The molecular formula is C17H19F2N3O. The number of hydrogen-bond acceptors (Lipinski definition) is 3. The maximum Gasteiger partial charge on any atom is 0.227 e. The van der Waals surface area contributed by atoms with Crippen LogP contribution >= 0.6 is 0 Å². The zero-order valence-corrected chi connectivity index (χ0v) is 13.1. The quantitative estimate of drug-likeness (QED) is 0.825. The summed E-state index contributed by atoms with van der Waals surface area (Å²) in [4.78, 5) is 16.1. The minimum atomic E-state index is -0.927. The molecule has 2 rings (SSSR count). The van der Waals surface area contributed by atoms with Crippen LogP contribution in [-0.4, -0.2) is 10.9 Å². The molecule has 23 heavy (non-hydrogen) atoms. The molecule has 0 aliphatic heterocycles. The fourth-order valence-electron chi connectivity index (χ4n) is 2.17. The summed E-state index contributed by atoms with van der Waals surface area (Å²) in [6.07, 6.45) is 3.08. The summed E-state index contributed by atoms with van der Waals surface area (Å²) < 4.78 is 26.0. The van der Waals surface area contributed by atoms with Crippen LogP contribution in [0.2, 0.25) is 0 Å². The largest absolute Gasteiger partial charge is 0.340 e. The van der Waals surface area contributed by atoms with Crippen molar-refractivity contribution in [2.45, 2.75) is 26.7 Å². The van der Waals surface area contributed by atoms with E-state index < -0.39 is 11.6 Å². The molecule has 1 aromatic carbocycles. The van der Waals surface area contributed by atoms with E-state index in [4.69, 9.17) is 0 Å². The number of carbonyl (C=O) groups is 1. The molecule has 0 aliphatic carbocycles. The van der Waals surface area contributed by atoms with Crippen molar-refractivity contribution in [1.82, 2.24) is 4.98 Å². The number of hydrogen-bond donors (Lipinski definition) is 2. The van der Waals surface area contributed by atoms with Gasteiger partial charge >= 0.3 is 0 Å². The Bertz CT molecular complexity index is 670. The number of aromatic nitrogens is 1. The second-order valence-corrected chi connectivity index (χ2v) is 5.19. The van der Waals surface area contributed by atoms with E-state index >= 15 is 0 Å². The number of nitrogens with zero attached hydrogens (tertiary/aromatic N) is 1. The molecule has 0 saturated heterocycles. The van der Waals surface area contributed by atoms with Gasteiger partial charge in [-0.15, -0.1) is 0 Å². The van der Waals surface area contributed by atoms with Gasteiger partial charge in [-0.2, -0.15) is 0 Å². The van der Waals surface area contributed by atoms with Crippen molar-refractivity contribution in [2.24, 2.45) is 5.92 Å². The molecule has 0 saturated carbocycles. The zero-order chi connectivity index (χ0) is 16.8. The zero-order valence-electron chi connectivity index (χ0n) is 13.1. The van der Waals surface area contributed by atoms with Gasteiger partial charge in [0.25, 0.3) is 0 Å². The molecule has 1 heterocycles. The molecule has 0 radical (unpaired) electrons. The van der Waals surface area contributed by atoms with Crippen LogP contribution in [0.25, 0.3) is 0 Å². The van der Waals surface area contributed by atoms with Gasteiger partial charge < -0.3 is 10.6 Å². The predicted octanol–water partition coefficient (Wildman–Crippen LogP) is 4.48. The smallest absolute Gasteiger partial charge is 0.227 e. The van der Waals surface area contributed by atoms with E-state index in [-0.39, 0.29) is 11.8 Å². The number of carbonyl (C=O) groups excluding carboxylic acids is 1. The highest BCUT2D eigenvalue weighted by molar-refractivity contribution is 5.92. The van der Waals surface area contributed by atoms with Crippen molar-refractivity contribution in [3.8, 4) is 0 Å². The van der Waals surface area contributed by atoms with Gasteiger partial charge in [0.1, 0.15) is 5.82 Å². The summed E-state index contributed by atoms with van der Waals surface area (Å²) in [5.74, 6) is -1.41. The van der Waals surface area contributed by atoms with Crippen LogP contribution in [0.5, 0.6) is 0 Å². The van der Waals surface area contributed by atoms with Crippen LogP contribution in [0.1, 0.15) is 26.7 Å². The lowest BCUT2D eigenvalue weighted by atomic mass is 10.0. The first kappa shape index (κ1) is 16.9. The van der Waals surface area contributed by atoms with E-state index in [9.17, 15) is 13.6 Å². The molecule has 0 unspecified atom stereocenters. The second kappa shape index (κ2) is 7.67. The highest BCUT2D eigenvalue weighted by Gasteiger charge is 2.14. The number of pyridine rings is 1. The van der Waals surface area contributed by atoms with Crippen molar-refractivity contribution in [2.75, 3.05) is 10.6 Å². The van der Waals surface area contributed by atoms with Gasteiger partial charge in [-0.25, -0.2) is 13.8 Å². The lowest BCUT2D eigenvalue weighted by molar-refractivity contribution is -0.120. The fourth-order valence-corrected chi connectivity index (χ4v) is 2.17. The summed E-state index contributed by atoms with van der Waals surface area (Å²) in [6.45, 7) is 3.95. The van der Waals surface area contributed by atoms with Gasteiger partial charge in [-0.3, -0.25) is 4.79 Å². The third-order valence-corrected chi connectivity index (χ3v) is 3.58. The van der Waals surface area contributed by atoms with Crippen LogP contribution in [0.4, 0.5) is 26.0 Å². The number of benzene rings is 1. The van der Waals surface area contributed by atoms with Gasteiger partial charge in [-0.05, 0) is 37.1 Å². The molecule has 0 spiro atoms. The van der Waals surface area contributed by atoms with Crippen LogP contribution in [0.3, 0.4) is 0 Å². The van der Waals surface area contributed by atoms with E-state index in [0.29, 0.717) is 17.2 Å². The van der Waals surface area contributed by atoms with Gasteiger partial charge in [0.2, 0.25) is 5.91 Å². The molecule has 0 bridgehead atoms. The molecule has 2 N–H and O–H groups in total. The van der Waals surface area contributed by atoms with E-state index in [1.807, 2.05) is 13.8 Å². The fraction of sp³-hybridized carbons (Fsp3) is 0.294. The molecule has 0 aliphatic rings. The first-order chi connectivity index (χ1) is 11.0. The Balaban J connectivity index is 2.01. The highest BCUT2D eigenvalue weighted by atomic mass is 19.2. The maximum atomic E-state index is 13.1. The summed E-state index contributed by atoms with van der Waals surface area (Å²) in [6, 6.07) is 6.88. The van der Waals surface area contributed by atoms with Crippen LogP contribution in [0, 0.1) is 17.6 Å². The van der Waals surface area contributed by atoms with Gasteiger partial charge in [-0.1, -0.05) is 13.8 Å². The van der Waals surface area contributed by atoms with Crippen LogP contribution in [-0.2, 0) is 4.79 Å². The third-order valence-electron chi connectivity index (χ3n) is 3.58. The number of halogens is 2. The molecular weight excluding hydrogens is 300 g/mol. The van der Waals surface area contributed by atoms with E-state index in [1.165, 1.54) is 12.3 Å². The Kier molecular flexibility index (Phi) is 5.62. The van der Waals surface area contributed by atoms with Crippen molar-refractivity contribution in [1.29, 1.82) is 0 Å². The van der Waals surface area contributed by atoms with Gasteiger partial charge in [0, 0.05) is 17.7 Å². The topological polar surface area (TPSA) is 54.0 Å². The van der Waals surface area contributed by atoms with E-state index in [2.05, 4.69) is 15.6 Å². The van der Waals surface area contributed by atoms with Gasteiger partial charge in [0.15, 0.2) is 11.6 Å². The normalized spacial score (nSPS) is 10.7. The van der Waals surface area contributed by atoms with Gasteiger partial charge in [0.05, 0.1) is 11.9 Å². The van der Waals surface area contributed by atoms with Crippen molar-refractivity contribution in [3.63, 3.8) is 0 Å². The maximum absolute atomic E-state index is 13.1. The molecule has 0 fully saturated rings. The van der Waals surface area contributed by atoms with Crippen molar-refractivity contribution in [3.05, 3.63) is 48.2 Å². The molecule has 4 nitrogen and oxygen atoms in total. The average molecular weight is 319 g/mol. The minimum absolute atomic E-state index is 0.0185. The van der Waals surface area contributed by atoms with E-state index in [1.54, 1.807) is 12.1 Å². The number of amides is 1. The van der Waals surface area contributed by atoms with Crippen molar-refractivity contribution >= 4 is 23.1 Å².